The number of morpholine rings is 1. The number of sulfonamides is 1. The molecule has 2 aromatic carbocycles. The minimum absolute atomic E-state index is 0.0310. The van der Waals surface area contributed by atoms with E-state index in [9.17, 15) is 12.8 Å². The summed E-state index contributed by atoms with van der Waals surface area (Å²) in [6.45, 7) is 4.65. The van der Waals surface area contributed by atoms with Gasteiger partial charge in [-0.25, -0.2) is 17.8 Å². The molecule has 34 heavy (non-hydrogen) atoms. The fraction of sp³-hybridized carbons (Fsp3) is 0.364. The van der Waals surface area contributed by atoms with Crippen molar-refractivity contribution in [3.05, 3.63) is 47.5 Å². The molecule has 1 fully saturated rings. The van der Waals surface area contributed by atoms with E-state index in [0.29, 0.717) is 29.0 Å². The van der Waals surface area contributed by atoms with E-state index in [0.717, 1.165) is 63.5 Å². The summed E-state index contributed by atoms with van der Waals surface area (Å²) in [5.74, 6) is 0.277. The molecule has 1 aromatic heterocycles. The molecule has 1 N–H and O–H groups in total. The third-order valence-corrected chi connectivity index (χ3v) is 6.81. The number of nitrogens with one attached hydrogen (secondary N) is 1. The Hall–Kier alpha value is -2.73. The SMILES string of the molecule is COc1cc2c(NS(=O)(=O)c3ccc(F)cc3)nc(Cl)nc2cc1OCCCN1CCOCC1. The Labute approximate surface area is 201 Å². The van der Waals surface area contributed by atoms with Crippen molar-refractivity contribution in [2.75, 3.05) is 51.3 Å². The average Bonchev–Trinajstić information content (AvgIpc) is 2.82. The summed E-state index contributed by atoms with van der Waals surface area (Å²) in [4.78, 5) is 10.4. The van der Waals surface area contributed by atoms with Crippen LogP contribution in [0, 0.1) is 5.82 Å². The Balaban J connectivity index is 1.55. The van der Waals surface area contributed by atoms with E-state index in [1.807, 2.05) is 0 Å². The second-order valence-electron chi connectivity index (χ2n) is 7.58. The van der Waals surface area contributed by atoms with Crippen LogP contribution in [0.1, 0.15) is 6.42 Å². The number of anilines is 1. The van der Waals surface area contributed by atoms with Crippen LogP contribution in [0.15, 0.2) is 41.3 Å². The van der Waals surface area contributed by atoms with Crippen LogP contribution in [-0.4, -0.2) is 69.9 Å². The van der Waals surface area contributed by atoms with Crippen molar-refractivity contribution in [3.63, 3.8) is 0 Å². The van der Waals surface area contributed by atoms with E-state index >= 15 is 0 Å². The Morgan fingerprint density at radius 2 is 1.88 bits per heavy atom. The predicted molar refractivity (Wildman–Crippen MR) is 126 cm³/mol. The summed E-state index contributed by atoms with van der Waals surface area (Å²) in [7, 11) is -2.56. The topological polar surface area (TPSA) is 103 Å². The molecular weight excluding hydrogens is 487 g/mol. The number of benzene rings is 2. The maximum absolute atomic E-state index is 13.2. The largest absolute Gasteiger partial charge is 0.493 e. The first-order chi connectivity index (χ1) is 16.4. The maximum Gasteiger partial charge on any atom is 0.263 e. The lowest BCUT2D eigenvalue weighted by Crippen LogP contribution is -2.37. The van der Waals surface area contributed by atoms with Gasteiger partial charge in [0.25, 0.3) is 10.0 Å². The molecule has 182 valence electrons. The molecule has 3 aromatic rings. The third kappa shape index (κ3) is 5.84. The van der Waals surface area contributed by atoms with Gasteiger partial charge in [0.15, 0.2) is 17.3 Å². The van der Waals surface area contributed by atoms with Crippen LogP contribution in [0.5, 0.6) is 11.5 Å². The Morgan fingerprint density at radius 3 is 2.59 bits per heavy atom. The Morgan fingerprint density at radius 1 is 1.15 bits per heavy atom. The molecule has 1 aliphatic rings. The zero-order valence-corrected chi connectivity index (χ0v) is 20.0. The van der Waals surface area contributed by atoms with Gasteiger partial charge in [0.05, 0.1) is 37.3 Å². The Bertz CT molecular complexity index is 1250. The summed E-state index contributed by atoms with van der Waals surface area (Å²) in [6.07, 6.45) is 0.814. The average molecular weight is 511 g/mol. The summed E-state index contributed by atoms with van der Waals surface area (Å²) >= 11 is 6.06. The van der Waals surface area contributed by atoms with Crippen molar-refractivity contribution < 1.29 is 27.0 Å². The van der Waals surface area contributed by atoms with Crippen molar-refractivity contribution in [2.45, 2.75) is 11.3 Å². The summed E-state index contributed by atoms with van der Waals surface area (Å²) < 4.78 is 57.9. The monoisotopic (exact) mass is 510 g/mol. The quantitative estimate of drug-likeness (QED) is 0.345. The first kappa shape index (κ1) is 24.4. The van der Waals surface area contributed by atoms with Crippen molar-refractivity contribution in [3.8, 4) is 11.5 Å². The van der Waals surface area contributed by atoms with E-state index in [-0.39, 0.29) is 16.0 Å². The highest BCUT2D eigenvalue weighted by atomic mass is 35.5. The van der Waals surface area contributed by atoms with E-state index in [1.54, 1.807) is 12.1 Å². The summed E-state index contributed by atoms with van der Waals surface area (Å²) in [5, 5.41) is 0.223. The molecule has 4 rings (SSSR count). The van der Waals surface area contributed by atoms with Crippen LogP contribution < -0.4 is 14.2 Å². The van der Waals surface area contributed by atoms with Gasteiger partial charge in [-0.2, -0.15) is 4.98 Å². The third-order valence-electron chi connectivity index (χ3n) is 5.29. The predicted octanol–water partition coefficient (Wildman–Crippen LogP) is 3.33. The van der Waals surface area contributed by atoms with Crippen molar-refractivity contribution in [1.29, 1.82) is 0 Å². The lowest BCUT2D eigenvalue weighted by atomic mass is 10.2. The summed E-state index contributed by atoms with van der Waals surface area (Å²) in [5.41, 5.74) is 0.376. The molecule has 0 atom stereocenters. The molecule has 0 aliphatic carbocycles. The number of aromatic nitrogens is 2. The van der Waals surface area contributed by atoms with Gasteiger partial charge in [-0.1, -0.05) is 0 Å². The van der Waals surface area contributed by atoms with Gasteiger partial charge in [-0.05, 0) is 48.4 Å². The van der Waals surface area contributed by atoms with Crippen LogP contribution in [0.4, 0.5) is 10.2 Å². The molecule has 0 bridgehead atoms. The minimum atomic E-state index is -4.05. The van der Waals surface area contributed by atoms with Crippen LogP contribution >= 0.6 is 11.6 Å². The highest BCUT2D eigenvalue weighted by molar-refractivity contribution is 7.92. The van der Waals surface area contributed by atoms with Crippen LogP contribution in [-0.2, 0) is 14.8 Å². The van der Waals surface area contributed by atoms with Gasteiger partial charge in [0.1, 0.15) is 5.82 Å². The van der Waals surface area contributed by atoms with Crippen molar-refractivity contribution >= 4 is 38.3 Å². The molecule has 1 saturated heterocycles. The van der Waals surface area contributed by atoms with Crippen LogP contribution in [0.25, 0.3) is 10.9 Å². The molecule has 12 heteroatoms. The smallest absolute Gasteiger partial charge is 0.263 e. The molecule has 0 radical (unpaired) electrons. The number of rotatable bonds is 9. The molecule has 0 amide bonds. The number of methoxy groups -OCH3 is 1. The molecular formula is C22H24ClFN4O5S. The zero-order chi connectivity index (χ0) is 24.1. The first-order valence-corrected chi connectivity index (χ1v) is 12.5. The van der Waals surface area contributed by atoms with Crippen LogP contribution in [0.3, 0.4) is 0 Å². The molecule has 0 unspecified atom stereocenters. The van der Waals surface area contributed by atoms with E-state index in [1.165, 1.54) is 7.11 Å². The highest BCUT2D eigenvalue weighted by Gasteiger charge is 2.20. The zero-order valence-electron chi connectivity index (χ0n) is 18.5. The van der Waals surface area contributed by atoms with E-state index < -0.39 is 15.8 Å². The number of hydrogen-bond donors (Lipinski definition) is 1. The molecule has 1 aliphatic heterocycles. The number of fused-ring (bicyclic) bond motifs is 1. The van der Waals surface area contributed by atoms with Crippen LogP contribution in [0.2, 0.25) is 5.28 Å². The van der Waals surface area contributed by atoms with Gasteiger partial charge < -0.3 is 14.2 Å². The Kier molecular flexibility index (Phi) is 7.67. The molecule has 0 spiro atoms. The minimum Gasteiger partial charge on any atom is -0.493 e. The highest BCUT2D eigenvalue weighted by Crippen LogP contribution is 2.35. The number of ether oxygens (including phenoxy) is 3. The van der Waals surface area contributed by atoms with E-state index in [4.69, 9.17) is 25.8 Å². The van der Waals surface area contributed by atoms with Gasteiger partial charge in [-0.3, -0.25) is 9.62 Å². The number of nitrogens with zero attached hydrogens (tertiary/aromatic N) is 3. The normalized spacial score (nSPS) is 14.8. The molecule has 0 saturated carbocycles. The fourth-order valence-corrected chi connectivity index (χ4v) is 4.75. The second kappa shape index (κ2) is 10.7. The van der Waals surface area contributed by atoms with Gasteiger partial charge in [0, 0.05) is 31.1 Å². The standard InChI is InChI=1S/C22H24ClFN4O5S/c1-31-19-13-17-18(14-20(19)33-10-2-7-28-8-11-32-12-9-28)25-22(23)26-21(17)27-34(29,30)16-5-3-15(24)4-6-16/h3-6,13-14H,2,7-12H2,1H3,(H,25,26,27). The van der Waals surface area contributed by atoms with Crippen molar-refractivity contribution in [1.82, 2.24) is 14.9 Å². The number of hydrogen-bond acceptors (Lipinski definition) is 8. The molecule has 2 heterocycles. The summed E-state index contributed by atoms with van der Waals surface area (Å²) in [6, 6.07) is 7.66. The van der Waals surface area contributed by atoms with Gasteiger partial charge in [-0.15, -0.1) is 0 Å². The number of halogens is 2. The molecule has 9 nitrogen and oxygen atoms in total. The lowest BCUT2D eigenvalue weighted by molar-refractivity contribution is 0.0357. The first-order valence-electron chi connectivity index (χ1n) is 10.6. The van der Waals surface area contributed by atoms with E-state index in [2.05, 4.69) is 19.6 Å². The van der Waals surface area contributed by atoms with Gasteiger partial charge >= 0.3 is 0 Å². The fourth-order valence-electron chi connectivity index (χ4n) is 3.55. The lowest BCUT2D eigenvalue weighted by Gasteiger charge is -2.26. The van der Waals surface area contributed by atoms with Gasteiger partial charge in [0.2, 0.25) is 5.28 Å². The maximum atomic E-state index is 13.2. The van der Waals surface area contributed by atoms with Crippen molar-refractivity contribution in [2.24, 2.45) is 0 Å². The second-order valence-corrected chi connectivity index (χ2v) is 9.60.